The summed E-state index contributed by atoms with van der Waals surface area (Å²) in [4.78, 5) is 26.8. The summed E-state index contributed by atoms with van der Waals surface area (Å²) in [6.07, 6.45) is 2.11. The Labute approximate surface area is 201 Å². The summed E-state index contributed by atoms with van der Waals surface area (Å²) in [6.45, 7) is 4.75. The average Bonchev–Trinajstić information content (AvgIpc) is 3.49. The molecule has 4 aromatic heterocycles. The number of aromatic amines is 1. The van der Waals surface area contributed by atoms with Crippen LogP contribution in [0, 0.1) is 6.92 Å². The van der Waals surface area contributed by atoms with E-state index in [1.807, 2.05) is 31.2 Å². The summed E-state index contributed by atoms with van der Waals surface area (Å²) in [5.41, 5.74) is 1.80. The molecule has 4 aromatic rings. The zero-order valence-electron chi connectivity index (χ0n) is 18.1. The van der Waals surface area contributed by atoms with Gasteiger partial charge in [0, 0.05) is 24.4 Å². The molecule has 0 saturated carbocycles. The number of carbonyl (C=O) groups excluding carboxylic acids is 1. The lowest BCUT2D eigenvalue weighted by molar-refractivity contribution is 0.0641. The molecule has 0 radical (unpaired) electrons. The minimum atomic E-state index is -1.96. The van der Waals surface area contributed by atoms with Crippen molar-refractivity contribution in [1.82, 2.24) is 29.5 Å². The minimum Gasteiger partial charge on any atom is -0.432 e. The summed E-state index contributed by atoms with van der Waals surface area (Å²) in [5, 5.41) is 4.73. The second kappa shape index (κ2) is 7.89. The first-order chi connectivity index (χ1) is 15.6. The van der Waals surface area contributed by atoms with Crippen LogP contribution in [-0.4, -0.2) is 41.9 Å². The van der Waals surface area contributed by atoms with Gasteiger partial charge in [0.2, 0.25) is 11.7 Å². The van der Waals surface area contributed by atoms with Crippen LogP contribution < -0.4 is 0 Å². The molecule has 33 heavy (non-hydrogen) atoms. The smallest absolute Gasteiger partial charge is 0.292 e. The van der Waals surface area contributed by atoms with Crippen molar-refractivity contribution < 1.29 is 18.0 Å². The van der Waals surface area contributed by atoms with Gasteiger partial charge in [-0.1, -0.05) is 6.07 Å². The van der Waals surface area contributed by atoms with Crippen LogP contribution in [0.4, 0.5) is 8.78 Å². The van der Waals surface area contributed by atoms with Crippen LogP contribution in [0.2, 0.25) is 0 Å². The fourth-order valence-electron chi connectivity index (χ4n) is 4.12. The van der Waals surface area contributed by atoms with E-state index < -0.39 is 21.8 Å². The lowest BCUT2D eigenvalue weighted by atomic mass is 9.99. The number of carbonyl (C=O) groups is 1. The monoisotopic (exact) mass is 566 g/mol. The SMILES string of the molecule is Cc1cccc2cc([C@@H]3c4nc[nH]c4CCN3C(=O)c3oc(C(C)(C)F)nc3C(F)I)nn12. The quantitative estimate of drug-likeness (QED) is 0.285. The Kier molecular flexibility index (Phi) is 5.26. The molecule has 172 valence electrons. The van der Waals surface area contributed by atoms with Crippen LogP contribution in [-0.2, 0) is 12.1 Å². The maximum atomic E-state index is 14.5. The molecule has 1 unspecified atom stereocenters. The zero-order valence-corrected chi connectivity index (χ0v) is 20.3. The largest absolute Gasteiger partial charge is 0.432 e. The zero-order chi connectivity index (χ0) is 23.5. The number of amides is 1. The van der Waals surface area contributed by atoms with Gasteiger partial charge in [-0.05, 0) is 61.6 Å². The minimum absolute atomic E-state index is 0.223. The number of imidazole rings is 1. The summed E-state index contributed by atoms with van der Waals surface area (Å²) in [6, 6.07) is 7.07. The Bertz CT molecular complexity index is 1350. The van der Waals surface area contributed by atoms with Crippen molar-refractivity contribution in [3.05, 3.63) is 70.7 Å². The van der Waals surface area contributed by atoms with E-state index in [9.17, 15) is 13.6 Å². The molecule has 0 fully saturated rings. The van der Waals surface area contributed by atoms with E-state index in [1.165, 1.54) is 36.4 Å². The van der Waals surface area contributed by atoms with Gasteiger partial charge in [-0.2, -0.15) is 5.10 Å². The first-order valence-corrected chi connectivity index (χ1v) is 11.7. The highest BCUT2D eigenvalue weighted by Crippen LogP contribution is 2.38. The summed E-state index contributed by atoms with van der Waals surface area (Å²) in [5.74, 6) is -1.22. The molecule has 0 aliphatic carbocycles. The maximum Gasteiger partial charge on any atom is 0.292 e. The van der Waals surface area contributed by atoms with Crippen molar-refractivity contribution in [2.24, 2.45) is 0 Å². The molecule has 5 heterocycles. The molecule has 0 aromatic carbocycles. The summed E-state index contributed by atoms with van der Waals surface area (Å²) in [7, 11) is 0. The van der Waals surface area contributed by atoms with E-state index in [4.69, 9.17) is 9.52 Å². The predicted molar refractivity (Wildman–Crippen MR) is 124 cm³/mol. The Morgan fingerprint density at radius 3 is 2.88 bits per heavy atom. The van der Waals surface area contributed by atoms with Crippen LogP contribution in [0.25, 0.3) is 5.52 Å². The van der Waals surface area contributed by atoms with Gasteiger partial charge in [0.15, 0.2) is 9.85 Å². The Morgan fingerprint density at radius 2 is 2.18 bits per heavy atom. The van der Waals surface area contributed by atoms with Gasteiger partial charge in [-0.15, -0.1) is 0 Å². The number of alkyl halides is 3. The van der Waals surface area contributed by atoms with Gasteiger partial charge < -0.3 is 14.3 Å². The number of nitrogens with one attached hydrogen (secondary N) is 1. The van der Waals surface area contributed by atoms with Gasteiger partial charge in [-0.25, -0.2) is 23.3 Å². The number of pyridine rings is 1. The topological polar surface area (TPSA) is 92.3 Å². The predicted octanol–water partition coefficient (Wildman–Crippen LogP) is 4.75. The van der Waals surface area contributed by atoms with Gasteiger partial charge in [0.1, 0.15) is 11.7 Å². The molecule has 1 aliphatic heterocycles. The third-order valence-electron chi connectivity index (χ3n) is 5.72. The first-order valence-electron chi connectivity index (χ1n) is 10.4. The molecule has 5 rings (SSSR count). The highest BCUT2D eigenvalue weighted by Gasteiger charge is 2.40. The molecule has 0 saturated heterocycles. The second-order valence-electron chi connectivity index (χ2n) is 8.50. The van der Waals surface area contributed by atoms with E-state index in [0.29, 0.717) is 24.4 Å². The number of aryl methyl sites for hydroxylation is 1. The van der Waals surface area contributed by atoms with E-state index in [-0.39, 0.29) is 17.3 Å². The van der Waals surface area contributed by atoms with E-state index in [2.05, 4.69) is 15.0 Å². The van der Waals surface area contributed by atoms with Gasteiger partial charge >= 0.3 is 0 Å². The summed E-state index contributed by atoms with van der Waals surface area (Å²) < 4.78 is 34.5. The number of halogens is 3. The van der Waals surface area contributed by atoms with Crippen molar-refractivity contribution in [3.63, 3.8) is 0 Å². The molecule has 0 spiro atoms. The fourth-order valence-corrected chi connectivity index (χ4v) is 4.54. The van der Waals surface area contributed by atoms with Crippen LogP contribution in [0.15, 0.2) is 35.0 Å². The van der Waals surface area contributed by atoms with Crippen LogP contribution in [0.3, 0.4) is 0 Å². The Hall–Kier alpha value is -2.83. The van der Waals surface area contributed by atoms with Crippen LogP contribution in [0.1, 0.15) is 69.0 Å². The molecular formula is C22H21F2IN6O2. The van der Waals surface area contributed by atoms with Gasteiger partial charge in [-0.3, -0.25) is 4.79 Å². The van der Waals surface area contributed by atoms with Crippen LogP contribution >= 0.6 is 22.6 Å². The number of rotatable bonds is 4. The number of H-pyrrole nitrogens is 1. The van der Waals surface area contributed by atoms with E-state index in [1.54, 1.807) is 15.7 Å². The Morgan fingerprint density at radius 1 is 1.39 bits per heavy atom. The number of fused-ring (bicyclic) bond motifs is 2. The second-order valence-corrected chi connectivity index (χ2v) is 9.59. The number of aromatic nitrogens is 5. The third kappa shape index (κ3) is 3.71. The molecule has 0 bridgehead atoms. The molecule has 8 nitrogen and oxygen atoms in total. The number of hydrogen-bond acceptors (Lipinski definition) is 5. The van der Waals surface area contributed by atoms with Gasteiger partial charge in [0.05, 0.1) is 23.2 Å². The van der Waals surface area contributed by atoms with Crippen molar-refractivity contribution >= 4 is 34.0 Å². The normalized spacial score (nSPS) is 17.4. The average molecular weight is 566 g/mol. The fraction of sp³-hybridized carbons (Fsp3) is 0.364. The third-order valence-corrected chi connectivity index (χ3v) is 6.31. The van der Waals surface area contributed by atoms with Crippen molar-refractivity contribution in [2.45, 2.75) is 43.1 Å². The standard InChI is InChI=1S/C22H21F2IN6O2/c1-11-5-4-6-12-9-14(29-31(11)12)17-15-13(26-10-27-15)7-8-30(17)20(32)18-16(19(23)25)28-21(33-18)22(2,3)24/h4-6,9-10,17,19H,7-8H2,1-3H3,(H,26,27)/t17-,19?/m1/s1. The van der Waals surface area contributed by atoms with Gasteiger partial charge in [0.25, 0.3) is 5.91 Å². The molecule has 2 atom stereocenters. The molecule has 1 amide bonds. The highest BCUT2D eigenvalue weighted by atomic mass is 127. The highest BCUT2D eigenvalue weighted by molar-refractivity contribution is 14.1. The van der Waals surface area contributed by atoms with E-state index in [0.717, 1.165) is 16.9 Å². The van der Waals surface area contributed by atoms with Crippen LogP contribution in [0.5, 0.6) is 0 Å². The molecule has 11 heteroatoms. The lowest BCUT2D eigenvalue weighted by Gasteiger charge is -2.33. The number of oxazole rings is 1. The molecule has 1 aliphatic rings. The lowest BCUT2D eigenvalue weighted by Crippen LogP contribution is -2.41. The van der Waals surface area contributed by atoms with Crippen molar-refractivity contribution in [1.29, 1.82) is 0 Å². The molecular weight excluding hydrogens is 545 g/mol. The first kappa shape index (κ1) is 22.0. The summed E-state index contributed by atoms with van der Waals surface area (Å²) >= 11 is 1.49. The molecule has 1 N–H and O–H groups in total. The number of hydrogen-bond donors (Lipinski definition) is 1. The van der Waals surface area contributed by atoms with Crippen molar-refractivity contribution in [3.8, 4) is 0 Å². The Balaban J connectivity index is 1.63. The number of nitrogens with zero attached hydrogens (tertiary/aromatic N) is 5. The van der Waals surface area contributed by atoms with Crippen molar-refractivity contribution in [2.75, 3.05) is 6.54 Å². The van der Waals surface area contributed by atoms with E-state index >= 15 is 0 Å². The maximum absolute atomic E-state index is 14.5.